The Labute approximate surface area is 197 Å². The highest BCUT2D eigenvalue weighted by Gasteiger charge is 2.33. The Morgan fingerprint density at radius 3 is 2.85 bits per heavy atom. The minimum absolute atomic E-state index is 0.212. The number of thiophene rings is 1. The Kier molecular flexibility index (Phi) is 6.05. The third kappa shape index (κ3) is 4.09. The number of rotatable bonds is 5. The summed E-state index contributed by atoms with van der Waals surface area (Å²) in [6, 6.07) is 7.03. The van der Waals surface area contributed by atoms with Gasteiger partial charge in [0.2, 0.25) is 0 Å². The summed E-state index contributed by atoms with van der Waals surface area (Å²) < 4.78 is 18.8. The third-order valence-corrected chi connectivity index (χ3v) is 7.45. The van der Waals surface area contributed by atoms with Gasteiger partial charge in [-0.2, -0.15) is 0 Å². The smallest absolute Gasteiger partial charge is 0.338 e. The molecule has 0 bridgehead atoms. The molecule has 10 heteroatoms. The van der Waals surface area contributed by atoms with E-state index in [4.69, 9.17) is 13.9 Å². The molecule has 33 heavy (non-hydrogen) atoms. The summed E-state index contributed by atoms with van der Waals surface area (Å²) >= 11 is 2.78. The van der Waals surface area contributed by atoms with Crippen LogP contribution in [0.15, 0.2) is 55.1 Å². The standard InChI is InChI=1S/C23H23N3O5S2/c1-3-30-22(28)19-14(2)24-23-26(20(19)16-5-4-12-32-16)21(27)17(33-23)13-15-6-7-18(31-15)25-8-10-29-11-9-25/h4-7,12-13,20H,3,8-11H2,1-2H3. The van der Waals surface area contributed by atoms with E-state index < -0.39 is 12.0 Å². The fraction of sp³-hybridized carbons (Fsp3) is 0.348. The van der Waals surface area contributed by atoms with Gasteiger partial charge in [0, 0.05) is 30.1 Å². The van der Waals surface area contributed by atoms with Gasteiger partial charge in [-0.3, -0.25) is 9.36 Å². The van der Waals surface area contributed by atoms with Gasteiger partial charge in [-0.25, -0.2) is 9.79 Å². The van der Waals surface area contributed by atoms with E-state index in [0.29, 0.717) is 39.6 Å². The Bertz CT molecular complexity index is 1370. The molecule has 3 aromatic rings. The largest absolute Gasteiger partial charge is 0.463 e. The van der Waals surface area contributed by atoms with Gasteiger partial charge in [-0.15, -0.1) is 11.3 Å². The molecule has 0 aromatic carbocycles. The van der Waals surface area contributed by atoms with Crippen LogP contribution in [0.2, 0.25) is 0 Å². The zero-order valence-electron chi connectivity index (χ0n) is 18.3. The number of allylic oxidation sites excluding steroid dienone is 1. The van der Waals surface area contributed by atoms with Crippen LogP contribution in [-0.4, -0.2) is 43.4 Å². The van der Waals surface area contributed by atoms with Crippen LogP contribution in [0.3, 0.4) is 0 Å². The van der Waals surface area contributed by atoms with Gasteiger partial charge >= 0.3 is 5.97 Å². The van der Waals surface area contributed by atoms with Gasteiger partial charge < -0.3 is 18.8 Å². The van der Waals surface area contributed by atoms with Crippen LogP contribution in [0.1, 0.15) is 30.5 Å². The number of thiazole rings is 1. The second-order valence-corrected chi connectivity index (χ2v) is 9.58. The summed E-state index contributed by atoms with van der Waals surface area (Å²) in [6.07, 6.45) is 1.74. The monoisotopic (exact) mass is 485 g/mol. The first-order chi connectivity index (χ1) is 16.1. The van der Waals surface area contributed by atoms with Gasteiger partial charge in [0.15, 0.2) is 10.7 Å². The molecule has 0 saturated carbocycles. The number of hydrogen-bond acceptors (Lipinski definition) is 9. The molecule has 8 nitrogen and oxygen atoms in total. The average molecular weight is 486 g/mol. The molecule has 1 fully saturated rings. The van der Waals surface area contributed by atoms with Crippen molar-refractivity contribution in [3.05, 3.63) is 71.2 Å². The predicted molar refractivity (Wildman–Crippen MR) is 126 cm³/mol. The number of nitrogens with zero attached hydrogens (tertiary/aromatic N) is 3. The molecule has 1 unspecified atom stereocenters. The number of hydrogen-bond donors (Lipinski definition) is 0. The lowest BCUT2D eigenvalue weighted by Gasteiger charge is -2.26. The summed E-state index contributed by atoms with van der Waals surface area (Å²) in [5.41, 5.74) is 0.744. The number of carbonyl (C=O) groups is 1. The number of anilines is 1. The van der Waals surface area contributed by atoms with Crippen molar-refractivity contribution in [2.75, 3.05) is 37.8 Å². The zero-order chi connectivity index (χ0) is 22.9. The summed E-state index contributed by atoms with van der Waals surface area (Å²) in [7, 11) is 0. The first kappa shape index (κ1) is 21.9. The van der Waals surface area contributed by atoms with E-state index in [1.54, 1.807) is 24.5 Å². The minimum Gasteiger partial charge on any atom is -0.463 e. The molecule has 1 atom stereocenters. The van der Waals surface area contributed by atoms with Gasteiger partial charge in [0.1, 0.15) is 11.8 Å². The van der Waals surface area contributed by atoms with Crippen molar-refractivity contribution in [3.8, 4) is 0 Å². The maximum atomic E-state index is 13.5. The average Bonchev–Trinajstić information content (AvgIpc) is 3.56. The van der Waals surface area contributed by atoms with Crippen molar-refractivity contribution < 1.29 is 18.7 Å². The maximum absolute atomic E-state index is 13.5. The van der Waals surface area contributed by atoms with E-state index in [9.17, 15) is 9.59 Å². The highest BCUT2D eigenvalue weighted by molar-refractivity contribution is 7.10. The predicted octanol–water partition coefficient (Wildman–Crippen LogP) is 2.29. The fourth-order valence-corrected chi connectivity index (χ4v) is 5.86. The van der Waals surface area contributed by atoms with Crippen molar-refractivity contribution >= 4 is 40.6 Å². The highest BCUT2D eigenvalue weighted by atomic mass is 32.1. The molecule has 1 saturated heterocycles. The molecule has 0 amide bonds. The van der Waals surface area contributed by atoms with Gasteiger partial charge in [-0.1, -0.05) is 17.4 Å². The fourth-order valence-electron chi connectivity index (χ4n) is 4.01. The van der Waals surface area contributed by atoms with Crippen molar-refractivity contribution in [3.63, 3.8) is 0 Å². The van der Waals surface area contributed by atoms with Gasteiger partial charge in [0.25, 0.3) is 5.56 Å². The summed E-state index contributed by atoms with van der Waals surface area (Å²) in [5, 5.41) is 1.93. The maximum Gasteiger partial charge on any atom is 0.338 e. The number of morpholine rings is 1. The lowest BCUT2D eigenvalue weighted by Crippen LogP contribution is -2.39. The zero-order valence-corrected chi connectivity index (χ0v) is 19.9. The number of aromatic nitrogens is 1. The first-order valence-electron chi connectivity index (χ1n) is 10.7. The second kappa shape index (κ2) is 9.12. The van der Waals surface area contributed by atoms with E-state index in [-0.39, 0.29) is 12.2 Å². The van der Waals surface area contributed by atoms with Crippen LogP contribution in [0.25, 0.3) is 6.08 Å². The van der Waals surface area contributed by atoms with Crippen molar-refractivity contribution in [2.45, 2.75) is 19.9 Å². The Morgan fingerprint density at radius 1 is 1.30 bits per heavy atom. The van der Waals surface area contributed by atoms with E-state index in [1.807, 2.05) is 29.6 Å². The first-order valence-corrected chi connectivity index (χ1v) is 12.4. The quantitative estimate of drug-likeness (QED) is 0.516. The van der Waals surface area contributed by atoms with E-state index in [2.05, 4.69) is 9.89 Å². The van der Waals surface area contributed by atoms with Crippen molar-refractivity contribution in [2.24, 2.45) is 4.99 Å². The SMILES string of the molecule is CCOC(=O)C1=C(C)N=c2sc(=Cc3ccc(N4CCOCC4)o3)c(=O)n2C1c1cccs1. The summed E-state index contributed by atoms with van der Waals surface area (Å²) in [6.45, 7) is 6.67. The van der Waals surface area contributed by atoms with Gasteiger partial charge in [-0.05, 0) is 31.4 Å². The van der Waals surface area contributed by atoms with E-state index >= 15 is 0 Å². The molecule has 0 N–H and O–H groups in total. The van der Waals surface area contributed by atoms with Crippen LogP contribution in [0, 0.1) is 0 Å². The third-order valence-electron chi connectivity index (χ3n) is 5.54. The Balaban J connectivity index is 1.58. The summed E-state index contributed by atoms with van der Waals surface area (Å²) in [5.74, 6) is 0.901. The molecule has 0 aliphatic carbocycles. The van der Waals surface area contributed by atoms with E-state index in [1.165, 1.54) is 22.7 Å². The number of furan rings is 1. The van der Waals surface area contributed by atoms with Crippen LogP contribution < -0.4 is 19.8 Å². The molecule has 0 radical (unpaired) electrons. The van der Waals surface area contributed by atoms with E-state index in [0.717, 1.165) is 23.9 Å². The molecule has 172 valence electrons. The lowest BCUT2D eigenvalue weighted by molar-refractivity contribution is -0.139. The molecule has 2 aliphatic rings. The number of fused-ring (bicyclic) bond motifs is 1. The normalized spacial score (nSPS) is 18.9. The molecule has 2 aliphatic heterocycles. The highest BCUT2D eigenvalue weighted by Crippen LogP contribution is 2.33. The van der Waals surface area contributed by atoms with Crippen LogP contribution >= 0.6 is 22.7 Å². The second-order valence-electron chi connectivity index (χ2n) is 7.59. The van der Waals surface area contributed by atoms with Crippen molar-refractivity contribution in [1.29, 1.82) is 0 Å². The van der Waals surface area contributed by atoms with Gasteiger partial charge in [0.05, 0.1) is 35.6 Å². The molecular formula is C23H23N3O5S2. The molecule has 0 spiro atoms. The van der Waals surface area contributed by atoms with Crippen molar-refractivity contribution in [1.82, 2.24) is 4.57 Å². The topological polar surface area (TPSA) is 86.3 Å². The molecule has 5 rings (SSSR count). The molecule has 3 aromatic heterocycles. The molecule has 5 heterocycles. The lowest BCUT2D eigenvalue weighted by atomic mass is 10.0. The van der Waals surface area contributed by atoms with Crippen LogP contribution in [-0.2, 0) is 14.3 Å². The Hall–Kier alpha value is -2.95. The molecular weight excluding hydrogens is 462 g/mol. The number of carbonyl (C=O) groups excluding carboxylic acids is 1. The number of esters is 1. The van der Waals surface area contributed by atoms with Crippen LogP contribution in [0.5, 0.6) is 0 Å². The number of ether oxygens (including phenoxy) is 2. The minimum atomic E-state index is -0.567. The Morgan fingerprint density at radius 2 is 2.12 bits per heavy atom. The van der Waals surface area contributed by atoms with Crippen LogP contribution in [0.4, 0.5) is 5.88 Å². The summed E-state index contributed by atoms with van der Waals surface area (Å²) in [4.78, 5) is 34.4.